The highest BCUT2D eigenvalue weighted by Gasteiger charge is 2.04. The Hall–Kier alpha value is -0.910. The third kappa shape index (κ3) is 5.41. The molecule has 0 saturated carbocycles. The molecule has 2 aromatic rings. The number of ether oxygens (including phenoxy) is 1. The van der Waals surface area contributed by atoms with E-state index in [1.54, 1.807) is 0 Å². The minimum Gasteiger partial charge on any atom is -0.486 e. The van der Waals surface area contributed by atoms with Crippen molar-refractivity contribution in [3.05, 3.63) is 56.7 Å². The van der Waals surface area contributed by atoms with Gasteiger partial charge in [-0.15, -0.1) is 0 Å². The molecule has 0 aliphatic carbocycles. The summed E-state index contributed by atoms with van der Waals surface area (Å²) in [6.07, 6.45) is 0. The van der Waals surface area contributed by atoms with Crippen molar-refractivity contribution >= 4 is 31.9 Å². The molecule has 0 amide bonds. The monoisotopic (exact) mass is 412 g/mol. The van der Waals surface area contributed by atoms with Crippen LogP contribution >= 0.6 is 31.9 Å². The molecule has 5 heteroatoms. The molecule has 1 heterocycles. The van der Waals surface area contributed by atoms with Crippen LogP contribution in [0.5, 0.6) is 5.75 Å². The van der Waals surface area contributed by atoms with Gasteiger partial charge < -0.3 is 10.1 Å². The van der Waals surface area contributed by atoms with Gasteiger partial charge >= 0.3 is 0 Å². The molecule has 3 nitrogen and oxygen atoms in total. The molecule has 1 aromatic heterocycles. The smallest absolute Gasteiger partial charge is 0.134 e. The fourth-order valence-electron chi connectivity index (χ4n) is 1.76. The lowest BCUT2D eigenvalue weighted by atomic mass is 10.3. The van der Waals surface area contributed by atoms with Gasteiger partial charge in [-0.25, -0.2) is 0 Å². The maximum Gasteiger partial charge on any atom is 0.134 e. The van der Waals surface area contributed by atoms with E-state index < -0.39 is 0 Å². The van der Waals surface area contributed by atoms with E-state index in [0.717, 1.165) is 32.6 Å². The molecule has 0 aliphatic rings. The fraction of sp³-hybridized carbons (Fsp3) is 0.312. The second kappa shape index (κ2) is 7.92. The Balaban J connectivity index is 1.98. The SMILES string of the molecule is CC(C)NCc1cccc(COc2ccc(Br)cc2Br)n1. The zero-order valence-electron chi connectivity index (χ0n) is 12.1. The van der Waals surface area contributed by atoms with Crippen molar-refractivity contribution < 1.29 is 4.74 Å². The molecule has 0 aliphatic heterocycles. The summed E-state index contributed by atoms with van der Waals surface area (Å²) in [6.45, 7) is 5.47. The molecule has 1 N–H and O–H groups in total. The van der Waals surface area contributed by atoms with E-state index >= 15 is 0 Å². The molecule has 21 heavy (non-hydrogen) atoms. The van der Waals surface area contributed by atoms with E-state index in [9.17, 15) is 0 Å². The Kier molecular flexibility index (Phi) is 6.21. The summed E-state index contributed by atoms with van der Waals surface area (Å²) in [7, 11) is 0. The number of hydrogen-bond donors (Lipinski definition) is 1. The number of nitrogens with one attached hydrogen (secondary N) is 1. The van der Waals surface area contributed by atoms with Gasteiger partial charge in [-0.3, -0.25) is 4.98 Å². The highest BCUT2D eigenvalue weighted by molar-refractivity contribution is 9.11. The Morgan fingerprint density at radius 2 is 1.90 bits per heavy atom. The van der Waals surface area contributed by atoms with Crippen LogP contribution in [-0.4, -0.2) is 11.0 Å². The summed E-state index contributed by atoms with van der Waals surface area (Å²) in [5.74, 6) is 0.811. The van der Waals surface area contributed by atoms with E-state index in [1.165, 1.54) is 0 Å². The normalized spacial score (nSPS) is 10.9. The van der Waals surface area contributed by atoms with Gasteiger partial charge in [-0.2, -0.15) is 0 Å². The predicted molar refractivity (Wildman–Crippen MR) is 92.4 cm³/mol. The van der Waals surface area contributed by atoms with Crippen LogP contribution in [0.4, 0.5) is 0 Å². The average molecular weight is 414 g/mol. The molecular formula is C16H18Br2N2O. The number of pyridine rings is 1. The molecule has 112 valence electrons. The predicted octanol–water partition coefficient (Wildman–Crippen LogP) is 4.68. The third-order valence-corrected chi connectivity index (χ3v) is 3.94. The summed E-state index contributed by atoms with van der Waals surface area (Å²) >= 11 is 6.92. The fourth-order valence-corrected chi connectivity index (χ4v) is 2.92. The van der Waals surface area contributed by atoms with Crippen molar-refractivity contribution in [2.24, 2.45) is 0 Å². The van der Waals surface area contributed by atoms with Gasteiger partial charge in [0.25, 0.3) is 0 Å². The third-order valence-electron chi connectivity index (χ3n) is 2.83. The van der Waals surface area contributed by atoms with Crippen molar-refractivity contribution in [1.82, 2.24) is 10.3 Å². The first-order valence-corrected chi connectivity index (χ1v) is 8.39. The molecule has 1 aromatic carbocycles. The van der Waals surface area contributed by atoms with E-state index in [-0.39, 0.29) is 0 Å². The van der Waals surface area contributed by atoms with Crippen molar-refractivity contribution in [2.75, 3.05) is 0 Å². The standard InChI is InChI=1S/C16H18Br2N2O/c1-11(2)19-9-13-4-3-5-14(20-13)10-21-16-7-6-12(17)8-15(16)18/h3-8,11,19H,9-10H2,1-2H3. The second-order valence-corrected chi connectivity index (χ2v) is 6.79. The summed E-state index contributed by atoms with van der Waals surface area (Å²) < 4.78 is 7.75. The highest BCUT2D eigenvalue weighted by Crippen LogP contribution is 2.28. The zero-order chi connectivity index (χ0) is 15.2. The van der Waals surface area contributed by atoms with Crippen LogP contribution in [-0.2, 0) is 13.2 Å². The lowest BCUT2D eigenvalue weighted by molar-refractivity contribution is 0.299. The first kappa shape index (κ1) is 16.5. The van der Waals surface area contributed by atoms with Crippen molar-refractivity contribution in [2.45, 2.75) is 33.0 Å². The van der Waals surface area contributed by atoms with Crippen LogP contribution in [0, 0.1) is 0 Å². The van der Waals surface area contributed by atoms with Gasteiger partial charge in [0, 0.05) is 17.1 Å². The van der Waals surface area contributed by atoms with E-state index in [1.807, 2.05) is 36.4 Å². The number of halogens is 2. The second-order valence-electron chi connectivity index (χ2n) is 5.02. The molecule has 0 unspecified atom stereocenters. The van der Waals surface area contributed by atoms with E-state index in [0.29, 0.717) is 12.6 Å². The first-order valence-electron chi connectivity index (χ1n) is 6.80. The summed E-state index contributed by atoms with van der Waals surface area (Å²) in [5.41, 5.74) is 1.95. The van der Waals surface area contributed by atoms with Gasteiger partial charge in [0.05, 0.1) is 15.9 Å². The summed E-state index contributed by atoms with van der Waals surface area (Å²) in [5, 5.41) is 3.36. The minimum absolute atomic E-state index is 0.449. The van der Waals surface area contributed by atoms with E-state index in [2.05, 4.69) is 56.0 Å². The number of aromatic nitrogens is 1. The largest absolute Gasteiger partial charge is 0.486 e. The quantitative estimate of drug-likeness (QED) is 0.746. The Labute approximate surface area is 142 Å². The summed E-state index contributed by atoms with van der Waals surface area (Å²) in [4.78, 5) is 4.59. The lowest BCUT2D eigenvalue weighted by Crippen LogP contribution is -2.22. The van der Waals surface area contributed by atoms with E-state index in [4.69, 9.17) is 4.74 Å². The van der Waals surface area contributed by atoms with Crippen molar-refractivity contribution in [3.8, 4) is 5.75 Å². The molecule has 0 bridgehead atoms. The topological polar surface area (TPSA) is 34.1 Å². The van der Waals surface area contributed by atoms with Crippen LogP contribution < -0.4 is 10.1 Å². The molecular weight excluding hydrogens is 396 g/mol. The van der Waals surface area contributed by atoms with Crippen LogP contribution in [0.15, 0.2) is 45.3 Å². The molecule has 0 fully saturated rings. The number of hydrogen-bond acceptors (Lipinski definition) is 3. The van der Waals surface area contributed by atoms with Gasteiger partial charge in [-0.05, 0) is 46.3 Å². The highest BCUT2D eigenvalue weighted by atomic mass is 79.9. The van der Waals surface area contributed by atoms with Crippen LogP contribution in [0.1, 0.15) is 25.2 Å². The van der Waals surface area contributed by atoms with Crippen LogP contribution in [0.2, 0.25) is 0 Å². The Morgan fingerprint density at radius 1 is 1.14 bits per heavy atom. The molecule has 0 radical (unpaired) electrons. The lowest BCUT2D eigenvalue weighted by Gasteiger charge is -2.10. The van der Waals surface area contributed by atoms with Gasteiger partial charge in [0.1, 0.15) is 12.4 Å². The zero-order valence-corrected chi connectivity index (χ0v) is 15.2. The van der Waals surface area contributed by atoms with Gasteiger partial charge in [0.2, 0.25) is 0 Å². The minimum atomic E-state index is 0.449. The Bertz CT molecular complexity index is 603. The van der Waals surface area contributed by atoms with Gasteiger partial charge in [-0.1, -0.05) is 35.8 Å². The van der Waals surface area contributed by atoms with Gasteiger partial charge in [0.15, 0.2) is 0 Å². The average Bonchev–Trinajstić information content (AvgIpc) is 2.45. The van der Waals surface area contributed by atoms with Crippen LogP contribution in [0.25, 0.3) is 0 Å². The number of benzene rings is 1. The number of rotatable bonds is 6. The maximum absolute atomic E-state index is 5.81. The van der Waals surface area contributed by atoms with Crippen LogP contribution in [0.3, 0.4) is 0 Å². The first-order chi connectivity index (χ1) is 10.0. The molecule has 2 rings (SSSR count). The summed E-state index contributed by atoms with van der Waals surface area (Å²) in [6, 6.07) is 12.3. The Morgan fingerprint density at radius 3 is 2.62 bits per heavy atom. The van der Waals surface area contributed by atoms with Crippen molar-refractivity contribution in [3.63, 3.8) is 0 Å². The maximum atomic E-state index is 5.81. The molecule has 0 atom stereocenters. The molecule has 0 saturated heterocycles. The van der Waals surface area contributed by atoms with Crippen molar-refractivity contribution in [1.29, 1.82) is 0 Å². The molecule has 0 spiro atoms. The number of nitrogens with zero attached hydrogens (tertiary/aromatic N) is 1.